The fraction of sp³-hybridized carbons (Fsp3) is 0.154. The van der Waals surface area contributed by atoms with E-state index in [-0.39, 0.29) is 11.6 Å². The molecule has 1 heterocycles. The van der Waals surface area contributed by atoms with Gasteiger partial charge in [-0.15, -0.1) is 11.3 Å². The molecule has 0 saturated carbocycles. The van der Waals surface area contributed by atoms with Crippen molar-refractivity contribution in [3.05, 3.63) is 50.9 Å². The maximum absolute atomic E-state index is 11.9. The fourth-order valence-corrected chi connectivity index (χ4v) is 2.54. The fourth-order valence-electron chi connectivity index (χ4n) is 1.55. The molecule has 0 aliphatic carbocycles. The first-order valence-corrected chi connectivity index (χ1v) is 7.04. The van der Waals surface area contributed by atoms with Crippen LogP contribution < -0.4 is 5.32 Å². The third-order valence-corrected chi connectivity index (χ3v) is 3.75. The molecule has 0 fully saturated rings. The van der Waals surface area contributed by atoms with Gasteiger partial charge < -0.3 is 10.4 Å². The summed E-state index contributed by atoms with van der Waals surface area (Å²) in [6, 6.07) is 6.78. The van der Waals surface area contributed by atoms with Gasteiger partial charge in [0.15, 0.2) is 5.69 Å². The van der Waals surface area contributed by atoms with Gasteiger partial charge in [0.25, 0.3) is 5.91 Å². The minimum absolute atomic E-state index is 0.0300. The highest BCUT2D eigenvalue weighted by atomic mass is 35.5. The molecule has 104 valence electrons. The quantitative estimate of drug-likeness (QED) is 0.889. The summed E-state index contributed by atoms with van der Waals surface area (Å²) in [5.74, 6) is -1.31. The number of aromatic nitrogens is 1. The summed E-state index contributed by atoms with van der Waals surface area (Å²) >= 11 is 7.18. The standard InChI is InChI=1S/C13H11ClN2O3S/c14-9-4-2-1-3-8(9)12(17)15-6-5-11-16-10(7-20-11)13(18)19/h1-4,7H,5-6H2,(H,15,17)(H,18,19). The largest absolute Gasteiger partial charge is 0.476 e. The molecule has 0 radical (unpaired) electrons. The average Bonchev–Trinajstić information content (AvgIpc) is 2.88. The lowest BCUT2D eigenvalue weighted by atomic mass is 10.2. The van der Waals surface area contributed by atoms with E-state index in [1.807, 2.05) is 0 Å². The zero-order valence-corrected chi connectivity index (χ0v) is 11.9. The molecule has 0 spiro atoms. The van der Waals surface area contributed by atoms with Gasteiger partial charge >= 0.3 is 5.97 Å². The van der Waals surface area contributed by atoms with Crippen LogP contribution in [0.1, 0.15) is 25.9 Å². The number of amides is 1. The zero-order chi connectivity index (χ0) is 14.5. The van der Waals surface area contributed by atoms with E-state index in [0.29, 0.717) is 28.6 Å². The number of hydrogen-bond donors (Lipinski definition) is 2. The molecule has 20 heavy (non-hydrogen) atoms. The summed E-state index contributed by atoms with van der Waals surface area (Å²) in [6.07, 6.45) is 0.480. The van der Waals surface area contributed by atoms with E-state index in [1.165, 1.54) is 16.7 Å². The maximum Gasteiger partial charge on any atom is 0.355 e. The van der Waals surface area contributed by atoms with Gasteiger partial charge in [0.2, 0.25) is 0 Å². The Hall–Kier alpha value is -1.92. The number of carboxylic acids is 1. The SMILES string of the molecule is O=C(O)c1csc(CCNC(=O)c2ccccc2Cl)n1. The lowest BCUT2D eigenvalue weighted by molar-refractivity contribution is 0.0690. The second-order valence-electron chi connectivity index (χ2n) is 3.92. The van der Waals surface area contributed by atoms with Crippen molar-refractivity contribution in [2.24, 2.45) is 0 Å². The van der Waals surface area contributed by atoms with Crippen molar-refractivity contribution in [2.45, 2.75) is 6.42 Å². The number of carbonyl (C=O) groups excluding carboxylic acids is 1. The van der Waals surface area contributed by atoms with E-state index in [1.54, 1.807) is 24.3 Å². The zero-order valence-electron chi connectivity index (χ0n) is 10.3. The minimum Gasteiger partial charge on any atom is -0.476 e. The van der Waals surface area contributed by atoms with Gasteiger partial charge in [-0.3, -0.25) is 4.79 Å². The number of carboxylic acid groups (broad SMARTS) is 1. The molecule has 0 unspecified atom stereocenters. The summed E-state index contributed by atoms with van der Waals surface area (Å²) in [7, 11) is 0. The van der Waals surface area contributed by atoms with Gasteiger partial charge in [0, 0.05) is 18.3 Å². The molecule has 1 aromatic carbocycles. The van der Waals surface area contributed by atoms with Gasteiger partial charge in [0.1, 0.15) is 0 Å². The number of aromatic carboxylic acids is 1. The molecule has 7 heteroatoms. The Bertz CT molecular complexity index is 642. The number of benzene rings is 1. The van der Waals surface area contributed by atoms with Crippen LogP contribution in [0.25, 0.3) is 0 Å². The Morgan fingerprint density at radius 3 is 2.75 bits per heavy atom. The summed E-state index contributed by atoms with van der Waals surface area (Å²) < 4.78 is 0. The first kappa shape index (κ1) is 14.5. The van der Waals surface area contributed by atoms with Crippen LogP contribution in [0.5, 0.6) is 0 Å². The van der Waals surface area contributed by atoms with Crippen LogP contribution in [-0.2, 0) is 6.42 Å². The van der Waals surface area contributed by atoms with Crippen molar-refractivity contribution in [2.75, 3.05) is 6.54 Å². The normalized spacial score (nSPS) is 10.2. The molecule has 0 atom stereocenters. The number of nitrogens with one attached hydrogen (secondary N) is 1. The summed E-state index contributed by atoms with van der Waals surface area (Å²) in [5.41, 5.74) is 0.446. The van der Waals surface area contributed by atoms with E-state index < -0.39 is 5.97 Å². The topological polar surface area (TPSA) is 79.3 Å². The van der Waals surface area contributed by atoms with Crippen molar-refractivity contribution >= 4 is 34.8 Å². The molecule has 2 aromatic rings. The van der Waals surface area contributed by atoms with E-state index >= 15 is 0 Å². The van der Waals surface area contributed by atoms with E-state index in [2.05, 4.69) is 10.3 Å². The van der Waals surface area contributed by atoms with E-state index in [4.69, 9.17) is 16.7 Å². The molecule has 2 rings (SSSR count). The smallest absolute Gasteiger partial charge is 0.355 e. The number of thiazole rings is 1. The number of hydrogen-bond acceptors (Lipinski definition) is 4. The Morgan fingerprint density at radius 2 is 2.10 bits per heavy atom. The van der Waals surface area contributed by atoms with Gasteiger partial charge in [-0.2, -0.15) is 0 Å². The molecule has 1 amide bonds. The summed E-state index contributed by atoms with van der Waals surface area (Å²) in [5, 5.41) is 14.0. The van der Waals surface area contributed by atoms with E-state index in [9.17, 15) is 9.59 Å². The number of carbonyl (C=O) groups is 2. The van der Waals surface area contributed by atoms with Gasteiger partial charge in [0.05, 0.1) is 15.6 Å². The molecule has 0 saturated heterocycles. The van der Waals surface area contributed by atoms with Gasteiger partial charge in [-0.25, -0.2) is 9.78 Å². The second kappa shape index (κ2) is 6.49. The Morgan fingerprint density at radius 1 is 1.35 bits per heavy atom. The highest BCUT2D eigenvalue weighted by Gasteiger charge is 2.11. The summed E-state index contributed by atoms with van der Waals surface area (Å²) in [6.45, 7) is 0.372. The lowest BCUT2D eigenvalue weighted by Crippen LogP contribution is -2.25. The maximum atomic E-state index is 11.9. The van der Waals surface area contributed by atoms with Crippen molar-refractivity contribution in [1.29, 1.82) is 0 Å². The Kier molecular flexibility index (Phi) is 4.70. The molecule has 0 aliphatic rings. The second-order valence-corrected chi connectivity index (χ2v) is 5.27. The van der Waals surface area contributed by atoms with Crippen molar-refractivity contribution in [1.82, 2.24) is 10.3 Å². The average molecular weight is 311 g/mol. The van der Waals surface area contributed by atoms with Crippen LogP contribution in [0.15, 0.2) is 29.6 Å². The Balaban J connectivity index is 1.88. The molecule has 0 bridgehead atoms. The van der Waals surface area contributed by atoms with Crippen LogP contribution in [0.4, 0.5) is 0 Å². The van der Waals surface area contributed by atoms with Crippen molar-refractivity contribution in [3.8, 4) is 0 Å². The molecule has 5 nitrogen and oxygen atoms in total. The first-order chi connectivity index (χ1) is 9.58. The third kappa shape index (κ3) is 3.55. The van der Waals surface area contributed by atoms with Crippen LogP contribution in [-0.4, -0.2) is 28.5 Å². The third-order valence-electron chi connectivity index (χ3n) is 2.51. The molecular formula is C13H11ClN2O3S. The van der Waals surface area contributed by atoms with Crippen LogP contribution >= 0.6 is 22.9 Å². The van der Waals surface area contributed by atoms with Gasteiger partial charge in [-0.05, 0) is 12.1 Å². The monoisotopic (exact) mass is 310 g/mol. The molecule has 1 aromatic heterocycles. The number of halogens is 1. The van der Waals surface area contributed by atoms with Crippen molar-refractivity contribution in [3.63, 3.8) is 0 Å². The molecule has 2 N–H and O–H groups in total. The molecule has 0 aliphatic heterocycles. The first-order valence-electron chi connectivity index (χ1n) is 5.78. The highest BCUT2D eigenvalue weighted by molar-refractivity contribution is 7.09. The van der Waals surface area contributed by atoms with Crippen LogP contribution in [0.2, 0.25) is 5.02 Å². The van der Waals surface area contributed by atoms with Gasteiger partial charge in [-0.1, -0.05) is 23.7 Å². The number of rotatable bonds is 5. The highest BCUT2D eigenvalue weighted by Crippen LogP contribution is 2.14. The van der Waals surface area contributed by atoms with Crippen LogP contribution in [0.3, 0.4) is 0 Å². The van der Waals surface area contributed by atoms with Crippen molar-refractivity contribution < 1.29 is 14.7 Å². The predicted octanol–water partition coefficient (Wildman–Crippen LogP) is 2.47. The minimum atomic E-state index is -1.05. The Labute approximate surface area is 124 Å². The predicted molar refractivity (Wildman–Crippen MR) is 76.6 cm³/mol. The summed E-state index contributed by atoms with van der Waals surface area (Å²) in [4.78, 5) is 26.5. The number of nitrogens with zero attached hydrogens (tertiary/aromatic N) is 1. The lowest BCUT2D eigenvalue weighted by Gasteiger charge is -2.05. The van der Waals surface area contributed by atoms with E-state index in [0.717, 1.165) is 0 Å². The molecular weight excluding hydrogens is 300 g/mol. The van der Waals surface area contributed by atoms with Crippen LogP contribution in [0, 0.1) is 0 Å².